The second kappa shape index (κ2) is 8.11. The summed E-state index contributed by atoms with van der Waals surface area (Å²) in [5, 5.41) is 0. The average Bonchev–Trinajstić information content (AvgIpc) is 2.03. The molecule has 0 aliphatic carbocycles. The third-order valence-electron chi connectivity index (χ3n) is 1.57. The number of hydrogen-bond acceptors (Lipinski definition) is 0. The topological polar surface area (TPSA) is 0 Å². The smallest absolute Gasteiger partial charge is 0.323 e. The van der Waals surface area contributed by atoms with Gasteiger partial charge < -0.3 is 5.92 Å². The molecule has 1 aromatic rings. The maximum atomic E-state index is 3.07. The Labute approximate surface area is 110 Å². The molecule has 0 bridgehead atoms. The maximum absolute atomic E-state index is 3.07. The van der Waals surface area contributed by atoms with Gasteiger partial charge in [0.25, 0.3) is 0 Å². The molecule has 0 aliphatic rings. The summed E-state index contributed by atoms with van der Waals surface area (Å²) < 4.78 is 0. The van der Waals surface area contributed by atoms with Gasteiger partial charge in [-0.15, -0.1) is 0 Å². The predicted molar refractivity (Wildman–Crippen MR) is 64.2 cm³/mol. The summed E-state index contributed by atoms with van der Waals surface area (Å²) in [6, 6.07) is 11.2. The van der Waals surface area contributed by atoms with Crippen LogP contribution < -0.4 is 0 Å². The minimum Gasteiger partial charge on any atom is -0.323 e. The molecule has 0 saturated heterocycles. The summed E-state index contributed by atoms with van der Waals surface area (Å²) in [6.07, 6.45) is 0. The van der Waals surface area contributed by atoms with E-state index in [2.05, 4.69) is 53.7 Å². The monoisotopic (exact) mass is 374 g/mol. The summed E-state index contributed by atoms with van der Waals surface area (Å²) >= 11 is 0. The van der Waals surface area contributed by atoms with E-state index in [0.717, 1.165) is 0 Å². The van der Waals surface area contributed by atoms with Gasteiger partial charge in [0.1, 0.15) is 0 Å². The third kappa shape index (κ3) is 10.2. The molecule has 0 radical (unpaired) electrons. The van der Waals surface area contributed by atoms with E-state index >= 15 is 0 Å². The molecule has 0 saturated carbocycles. The van der Waals surface area contributed by atoms with Gasteiger partial charge in [-0.3, -0.25) is 0 Å². The zero-order valence-corrected chi connectivity index (χ0v) is 13.7. The first-order valence-corrected chi connectivity index (χ1v) is 5.07. The van der Waals surface area contributed by atoms with Crippen LogP contribution in [0, 0.1) is 12.0 Å². The van der Waals surface area contributed by atoms with E-state index in [-0.39, 0.29) is 26.5 Å². The Balaban J connectivity index is 0. The normalized spacial score (nSPS) is 10.1. The molecule has 0 aliphatic heterocycles. The summed E-state index contributed by atoms with van der Waals surface area (Å²) in [5.41, 5.74) is 1.60. The fraction of sp³-hybridized carbons (Fsp3) is 0.500. The predicted octanol–water partition coefficient (Wildman–Crippen LogP) is 4.40. The molecule has 0 amide bonds. The number of benzene rings is 1. The van der Waals surface area contributed by atoms with Crippen molar-refractivity contribution in [2.24, 2.45) is 0 Å². The largest absolute Gasteiger partial charge is 2.00 e. The molecule has 1 aromatic carbocycles. The van der Waals surface area contributed by atoms with Crippen LogP contribution in [0.5, 0.6) is 0 Å². The van der Waals surface area contributed by atoms with E-state index in [1.807, 2.05) is 18.2 Å². The molecule has 1 heteroatoms. The fourth-order valence-corrected chi connectivity index (χ4v) is 0.860. The first kappa shape index (κ1) is 17.3. The van der Waals surface area contributed by atoms with Crippen LogP contribution in [0.15, 0.2) is 24.3 Å². The second-order valence-corrected chi connectivity index (χ2v) is 5.04. The molecular formula is C14H22W. The van der Waals surface area contributed by atoms with Crippen molar-refractivity contribution in [3.8, 4) is 0 Å². The van der Waals surface area contributed by atoms with Gasteiger partial charge in [-0.25, -0.2) is 0 Å². The molecular weight excluding hydrogens is 352 g/mol. The van der Waals surface area contributed by atoms with Gasteiger partial charge in [-0.05, 0) is 0 Å². The van der Waals surface area contributed by atoms with Gasteiger partial charge in [0.15, 0.2) is 0 Å². The summed E-state index contributed by atoms with van der Waals surface area (Å²) in [7, 11) is 0. The molecule has 0 fully saturated rings. The molecule has 0 N–H and O–H groups in total. The molecule has 0 heterocycles. The van der Waals surface area contributed by atoms with Gasteiger partial charge in [-0.1, -0.05) is 26.2 Å². The fourth-order valence-electron chi connectivity index (χ4n) is 0.860. The molecule has 0 unspecified atom stereocenters. The van der Waals surface area contributed by atoms with Crippen molar-refractivity contribution in [3.05, 3.63) is 41.8 Å². The Bertz CT molecular complexity index is 229. The zero-order valence-electron chi connectivity index (χ0n) is 10.7. The Morgan fingerprint density at radius 1 is 1.13 bits per heavy atom. The van der Waals surface area contributed by atoms with Crippen molar-refractivity contribution in [2.75, 3.05) is 0 Å². The molecule has 0 atom stereocenters. The van der Waals surface area contributed by atoms with Crippen LogP contribution in [-0.4, -0.2) is 0 Å². The van der Waals surface area contributed by atoms with Crippen LogP contribution in [0.1, 0.15) is 47.1 Å². The van der Waals surface area contributed by atoms with Crippen LogP contribution in [0.4, 0.5) is 0 Å². The SMILES string of the molecule is CC(C)(C)c1c[c-]ccc1.C[C-](C)C.[W+2]. The van der Waals surface area contributed by atoms with Crippen LogP contribution in [0.2, 0.25) is 0 Å². The summed E-state index contributed by atoms with van der Waals surface area (Å²) in [6.45, 7) is 12.9. The van der Waals surface area contributed by atoms with Gasteiger partial charge >= 0.3 is 21.1 Å². The van der Waals surface area contributed by atoms with Crippen molar-refractivity contribution in [1.82, 2.24) is 0 Å². The standard InChI is InChI=1S/C10H13.C4H9.W/c1-10(2,3)9-7-5-4-6-8-9;1-4(2)3;/h4-5,7-8H,1-3H3;1-3H3;/q2*-1;+2. The second-order valence-electron chi connectivity index (χ2n) is 5.04. The summed E-state index contributed by atoms with van der Waals surface area (Å²) in [5.74, 6) is 1.42. The minimum atomic E-state index is 0. The molecule has 0 aromatic heterocycles. The van der Waals surface area contributed by atoms with Crippen molar-refractivity contribution in [3.63, 3.8) is 0 Å². The van der Waals surface area contributed by atoms with Crippen LogP contribution in [0.3, 0.4) is 0 Å². The quantitative estimate of drug-likeness (QED) is 0.591. The summed E-state index contributed by atoms with van der Waals surface area (Å²) in [4.78, 5) is 0. The van der Waals surface area contributed by atoms with Crippen molar-refractivity contribution < 1.29 is 21.1 Å². The number of hydrogen-bond donors (Lipinski definition) is 0. The van der Waals surface area contributed by atoms with Crippen LogP contribution >= 0.6 is 0 Å². The minimum absolute atomic E-state index is 0. The van der Waals surface area contributed by atoms with E-state index in [4.69, 9.17) is 0 Å². The Hall–Kier alpha value is -0.0917. The van der Waals surface area contributed by atoms with Gasteiger partial charge in [0.05, 0.1) is 0 Å². The Kier molecular flexibility index (Phi) is 9.35. The van der Waals surface area contributed by atoms with E-state index in [1.54, 1.807) is 0 Å². The van der Waals surface area contributed by atoms with E-state index < -0.39 is 0 Å². The van der Waals surface area contributed by atoms with Gasteiger partial charge in [0, 0.05) is 0 Å². The van der Waals surface area contributed by atoms with E-state index in [9.17, 15) is 0 Å². The van der Waals surface area contributed by atoms with Crippen LogP contribution in [0.25, 0.3) is 0 Å². The molecule has 15 heavy (non-hydrogen) atoms. The van der Waals surface area contributed by atoms with Crippen molar-refractivity contribution in [2.45, 2.75) is 47.0 Å². The molecule has 84 valence electrons. The molecule has 1 rings (SSSR count). The first-order chi connectivity index (χ1) is 6.34. The zero-order chi connectivity index (χ0) is 11.2. The molecule has 0 spiro atoms. The van der Waals surface area contributed by atoms with Gasteiger partial charge in [0.2, 0.25) is 0 Å². The molecule has 0 nitrogen and oxygen atoms in total. The Morgan fingerprint density at radius 2 is 1.60 bits per heavy atom. The average molecular weight is 374 g/mol. The van der Waals surface area contributed by atoms with Crippen molar-refractivity contribution >= 4 is 0 Å². The maximum Gasteiger partial charge on any atom is 2.00 e. The van der Waals surface area contributed by atoms with Crippen LogP contribution in [-0.2, 0) is 26.5 Å². The number of rotatable bonds is 0. The van der Waals surface area contributed by atoms with Crippen molar-refractivity contribution in [1.29, 1.82) is 0 Å². The first-order valence-electron chi connectivity index (χ1n) is 5.07. The third-order valence-corrected chi connectivity index (χ3v) is 1.57. The van der Waals surface area contributed by atoms with Gasteiger partial charge in [-0.2, -0.15) is 56.7 Å². The van der Waals surface area contributed by atoms with E-state index in [0.29, 0.717) is 0 Å². The van der Waals surface area contributed by atoms with E-state index in [1.165, 1.54) is 11.5 Å². The Morgan fingerprint density at radius 3 is 1.80 bits per heavy atom.